The zero-order valence-electron chi connectivity index (χ0n) is 9.97. The maximum Gasteiger partial charge on any atom is 0.337 e. The van der Waals surface area contributed by atoms with Crippen molar-refractivity contribution in [3.63, 3.8) is 0 Å². The minimum atomic E-state index is -1.76. The molecule has 1 aromatic rings. The maximum atomic E-state index is 10.8. The van der Waals surface area contributed by atoms with E-state index in [9.17, 15) is 15.0 Å². The second kappa shape index (κ2) is 5.05. The molecule has 1 rings (SSSR count). The van der Waals surface area contributed by atoms with E-state index in [1.165, 1.54) is 7.11 Å². The topological polar surface area (TPSA) is 87.0 Å². The largest absolute Gasteiger partial charge is 0.504 e. The van der Waals surface area contributed by atoms with E-state index in [-0.39, 0.29) is 23.0 Å². The van der Waals surface area contributed by atoms with E-state index in [0.717, 1.165) is 0 Å². The summed E-state index contributed by atoms with van der Waals surface area (Å²) in [5.41, 5.74) is 0.574. The number of methoxy groups -OCH3 is 1. The predicted molar refractivity (Wildman–Crippen MR) is 61.3 cm³/mol. The van der Waals surface area contributed by atoms with Crippen LogP contribution in [0.3, 0.4) is 0 Å². The van der Waals surface area contributed by atoms with Crippen LogP contribution in [0.4, 0.5) is 0 Å². The normalized spacial score (nSPS) is 12.5. The van der Waals surface area contributed by atoms with Gasteiger partial charge < -0.3 is 20.1 Å². The van der Waals surface area contributed by atoms with Gasteiger partial charge in [-0.3, -0.25) is 0 Å². The molecule has 1 aromatic carbocycles. The maximum absolute atomic E-state index is 10.8. The van der Waals surface area contributed by atoms with Crippen LogP contribution in [0.5, 0.6) is 11.5 Å². The van der Waals surface area contributed by atoms with Crippen molar-refractivity contribution in [1.29, 1.82) is 0 Å². The van der Waals surface area contributed by atoms with Gasteiger partial charge in [-0.2, -0.15) is 0 Å². The molecular formula is C12H16O5. The number of aliphatic hydroxyl groups is 1. The number of hydrogen-bond donors (Lipinski definition) is 3. The van der Waals surface area contributed by atoms with Gasteiger partial charge in [0.05, 0.1) is 7.11 Å². The Morgan fingerprint density at radius 1 is 1.35 bits per heavy atom. The molecule has 5 nitrogen and oxygen atoms in total. The first-order valence-electron chi connectivity index (χ1n) is 5.20. The van der Waals surface area contributed by atoms with Crippen molar-refractivity contribution < 1.29 is 24.9 Å². The molecule has 1 atom stereocenters. The molecule has 0 aliphatic heterocycles. The van der Waals surface area contributed by atoms with E-state index in [0.29, 0.717) is 5.56 Å². The van der Waals surface area contributed by atoms with Gasteiger partial charge in [0.25, 0.3) is 0 Å². The molecule has 0 aliphatic carbocycles. The standard InChI is InChI=1S/C12H16O5/c1-6(2)7-4-5-8(17-3)10(13)9(7)11(14)12(15)16/h4-6,11,13-14H,1-3H3,(H,15,16). The van der Waals surface area contributed by atoms with Crippen molar-refractivity contribution in [3.05, 3.63) is 23.3 Å². The summed E-state index contributed by atoms with van der Waals surface area (Å²) in [5, 5.41) is 28.3. The molecule has 0 aromatic heterocycles. The minimum Gasteiger partial charge on any atom is -0.504 e. The van der Waals surface area contributed by atoms with E-state index in [1.54, 1.807) is 12.1 Å². The van der Waals surface area contributed by atoms with Crippen molar-refractivity contribution in [2.24, 2.45) is 0 Å². The third-order valence-electron chi connectivity index (χ3n) is 2.56. The van der Waals surface area contributed by atoms with E-state index < -0.39 is 12.1 Å². The Morgan fingerprint density at radius 3 is 2.35 bits per heavy atom. The summed E-state index contributed by atoms with van der Waals surface area (Å²) in [6, 6.07) is 3.19. The number of hydrogen-bond acceptors (Lipinski definition) is 4. The smallest absolute Gasteiger partial charge is 0.337 e. The molecule has 5 heteroatoms. The summed E-state index contributed by atoms with van der Waals surface area (Å²) in [6.07, 6.45) is -1.76. The zero-order valence-corrected chi connectivity index (χ0v) is 9.97. The van der Waals surface area contributed by atoms with E-state index in [1.807, 2.05) is 13.8 Å². The Kier molecular flexibility index (Phi) is 3.96. The van der Waals surface area contributed by atoms with Crippen molar-refractivity contribution in [1.82, 2.24) is 0 Å². The van der Waals surface area contributed by atoms with Crippen LogP contribution in [0.15, 0.2) is 12.1 Å². The van der Waals surface area contributed by atoms with Gasteiger partial charge in [0.1, 0.15) is 0 Å². The highest BCUT2D eigenvalue weighted by Crippen LogP contribution is 2.39. The third kappa shape index (κ3) is 2.50. The van der Waals surface area contributed by atoms with Crippen molar-refractivity contribution in [2.75, 3.05) is 7.11 Å². The number of carbonyl (C=O) groups is 1. The number of phenols is 1. The lowest BCUT2D eigenvalue weighted by atomic mass is 9.92. The van der Waals surface area contributed by atoms with Gasteiger partial charge in [0.2, 0.25) is 0 Å². The Hall–Kier alpha value is -1.75. The van der Waals surface area contributed by atoms with Crippen molar-refractivity contribution in [3.8, 4) is 11.5 Å². The predicted octanol–water partition coefficient (Wildman–Crippen LogP) is 1.64. The fourth-order valence-corrected chi connectivity index (χ4v) is 1.68. The quantitative estimate of drug-likeness (QED) is 0.744. The molecule has 3 N–H and O–H groups in total. The summed E-state index contributed by atoms with van der Waals surface area (Å²) in [5.74, 6) is -1.61. The Labute approximate surface area is 99.3 Å². The highest BCUT2D eigenvalue weighted by Gasteiger charge is 2.26. The molecule has 0 saturated carbocycles. The third-order valence-corrected chi connectivity index (χ3v) is 2.56. The lowest BCUT2D eigenvalue weighted by Gasteiger charge is -2.18. The van der Waals surface area contributed by atoms with Crippen LogP contribution in [0.2, 0.25) is 0 Å². The van der Waals surface area contributed by atoms with Gasteiger partial charge in [-0.1, -0.05) is 19.9 Å². The lowest BCUT2D eigenvalue weighted by Crippen LogP contribution is -2.14. The minimum absolute atomic E-state index is 0.00755. The molecule has 0 bridgehead atoms. The molecule has 0 heterocycles. The number of rotatable bonds is 4. The molecule has 0 spiro atoms. The second-order valence-electron chi connectivity index (χ2n) is 4.01. The van der Waals surface area contributed by atoms with E-state index >= 15 is 0 Å². The van der Waals surface area contributed by atoms with Gasteiger partial charge in [-0.05, 0) is 17.5 Å². The van der Waals surface area contributed by atoms with Crippen LogP contribution >= 0.6 is 0 Å². The van der Waals surface area contributed by atoms with Crippen LogP contribution in [-0.4, -0.2) is 28.4 Å². The number of phenolic OH excluding ortho intramolecular Hbond substituents is 1. The first kappa shape index (κ1) is 13.3. The molecule has 0 fully saturated rings. The number of aliphatic carboxylic acids is 1. The van der Waals surface area contributed by atoms with E-state index in [4.69, 9.17) is 9.84 Å². The molecule has 0 saturated heterocycles. The summed E-state index contributed by atoms with van der Waals surface area (Å²) >= 11 is 0. The van der Waals surface area contributed by atoms with Gasteiger partial charge >= 0.3 is 5.97 Å². The molecule has 17 heavy (non-hydrogen) atoms. The average Bonchev–Trinajstić information content (AvgIpc) is 2.27. The molecule has 1 unspecified atom stereocenters. The fourth-order valence-electron chi connectivity index (χ4n) is 1.68. The van der Waals surface area contributed by atoms with Crippen LogP contribution in [0, 0.1) is 0 Å². The molecule has 0 radical (unpaired) electrons. The highest BCUT2D eigenvalue weighted by molar-refractivity contribution is 5.76. The van der Waals surface area contributed by atoms with Crippen molar-refractivity contribution >= 4 is 5.97 Å². The molecule has 0 aliphatic rings. The Morgan fingerprint density at radius 2 is 1.94 bits per heavy atom. The Balaban J connectivity index is 3.45. The second-order valence-corrected chi connectivity index (χ2v) is 4.01. The van der Waals surface area contributed by atoms with Crippen LogP contribution in [0.25, 0.3) is 0 Å². The zero-order chi connectivity index (χ0) is 13.2. The summed E-state index contributed by atoms with van der Waals surface area (Å²) in [6.45, 7) is 3.69. The van der Waals surface area contributed by atoms with Crippen LogP contribution < -0.4 is 4.74 Å². The summed E-state index contributed by atoms with van der Waals surface area (Å²) in [7, 11) is 1.36. The van der Waals surface area contributed by atoms with Crippen molar-refractivity contribution in [2.45, 2.75) is 25.9 Å². The number of benzene rings is 1. The number of ether oxygens (including phenoxy) is 1. The summed E-state index contributed by atoms with van der Waals surface area (Å²) < 4.78 is 4.90. The first-order valence-corrected chi connectivity index (χ1v) is 5.20. The highest BCUT2D eigenvalue weighted by atomic mass is 16.5. The van der Waals surface area contributed by atoms with Gasteiger partial charge in [0, 0.05) is 5.56 Å². The fraction of sp³-hybridized carbons (Fsp3) is 0.417. The average molecular weight is 240 g/mol. The van der Waals surface area contributed by atoms with Gasteiger partial charge in [-0.15, -0.1) is 0 Å². The van der Waals surface area contributed by atoms with Gasteiger partial charge in [-0.25, -0.2) is 4.79 Å². The first-order chi connectivity index (χ1) is 7.90. The van der Waals surface area contributed by atoms with Crippen LogP contribution in [-0.2, 0) is 4.79 Å². The number of carboxylic acid groups (broad SMARTS) is 1. The van der Waals surface area contributed by atoms with E-state index in [2.05, 4.69) is 0 Å². The Bertz CT molecular complexity index is 425. The SMILES string of the molecule is COc1ccc(C(C)C)c(C(O)C(=O)O)c1O. The van der Waals surface area contributed by atoms with Crippen LogP contribution in [0.1, 0.15) is 37.0 Å². The number of carboxylic acids is 1. The van der Waals surface area contributed by atoms with Gasteiger partial charge in [0.15, 0.2) is 17.6 Å². The summed E-state index contributed by atoms with van der Waals surface area (Å²) in [4.78, 5) is 10.8. The molecule has 0 amide bonds. The lowest BCUT2D eigenvalue weighted by molar-refractivity contribution is -0.147. The molecular weight excluding hydrogens is 224 g/mol. The number of aliphatic hydroxyl groups excluding tert-OH is 1. The molecule has 94 valence electrons. The monoisotopic (exact) mass is 240 g/mol. The number of aromatic hydroxyl groups is 1.